The smallest absolute Gasteiger partial charge is 0.261 e. The Kier molecular flexibility index (Phi) is 5.86. The van der Waals surface area contributed by atoms with E-state index in [0.717, 1.165) is 5.56 Å². The van der Waals surface area contributed by atoms with Crippen LogP contribution in [0.2, 0.25) is 0 Å². The Labute approximate surface area is 125 Å². The third-order valence-corrected chi connectivity index (χ3v) is 4.08. The Morgan fingerprint density at radius 1 is 1.20 bits per heavy atom. The van der Waals surface area contributed by atoms with Gasteiger partial charge in [-0.2, -0.15) is 0 Å². The van der Waals surface area contributed by atoms with Gasteiger partial charge < -0.3 is 9.47 Å². The van der Waals surface area contributed by atoms with E-state index in [1.165, 1.54) is 6.07 Å². The average Bonchev–Trinajstić information content (AvgIpc) is 2.32. The van der Waals surface area contributed by atoms with E-state index >= 15 is 0 Å². The molecule has 0 unspecified atom stereocenters. The quantitative estimate of drug-likeness (QED) is 0.596. The zero-order valence-corrected chi connectivity index (χ0v) is 13.8. The van der Waals surface area contributed by atoms with Crippen molar-refractivity contribution in [2.45, 2.75) is 38.0 Å². The minimum absolute atomic E-state index is 0.0845. The van der Waals surface area contributed by atoms with Crippen LogP contribution in [0.15, 0.2) is 23.1 Å². The zero-order chi connectivity index (χ0) is 15.4. The lowest BCUT2D eigenvalue weighted by Crippen LogP contribution is -2.16. The summed E-state index contributed by atoms with van der Waals surface area (Å²) in [5, 5.41) is 0. The van der Waals surface area contributed by atoms with Crippen LogP contribution in [0.4, 0.5) is 0 Å². The van der Waals surface area contributed by atoms with Crippen molar-refractivity contribution in [1.82, 2.24) is 0 Å². The summed E-state index contributed by atoms with van der Waals surface area (Å²) in [6, 6.07) is 4.66. The second kappa shape index (κ2) is 6.78. The third kappa shape index (κ3) is 4.96. The van der Waals surface area contributed by atoms with E-state index in [0.29, 0.717) is 25.6 Å². The van der Waals surface area contributed by atoms with Crippen LogP contribution in [0, 0.1) is 0 Å². The second-order valence-electron chi connectivity index (χ2n) is 5.39. The summed E-state index contributed by atoms with van der Waals surface area (Å²) in [7, 11) is 1.65. The molecule has 0 fully saturated rings. The van der Waals surface area contributed by atoms with Gasteiger partial charge in [0.05, 0.1) is 11.5 Å². The fraction of sp³-hybridized carbons (Fsp3) is 0.571. The van der Waals surface area contributed by atoms with Gasteiger partial charge in [0.15, 0.2) is 0 Å². The molecule has 1 aromatic carbocycles. The minimum Gasteiger partial charge on any atom is -0.491 e. The Morgan fingerprint density at radius 3 is 2.35 bits per heavy atom. The van der Waals surface area contributed by atoms with Crippen molar-refractivity contribution < 1.29 is 17.9 Å². The third-order valence-electron chi connectivity index (χ3n) is 2.73. The first-order valence-corrected chi connectivity index (χ1v) is 8.77. The van der Waals surface area contributed by atoms with Gasteiger partial charge in [-0.3, -0.25) is 0 Å². The molecule has 0 spiro atoms. The van der Waals surface area contributed by atoms with Gasteiger partial charge in [-0.1, -0.05) is 20.8 Å². The molecule has 0 bridgehead atoms. The lowest BCUT2D eigenvalue weighted by Gasteiger charge is -2.23. The molecule has 0 aliphatic rings. The number of hydrogen-bond donors (Lipinski definition) is 0. The molecule has 0 aliphatic heterocycles. The van der Waals surface area contributed by atoms with E-state index in [4.69, 9.17) is 20.2 Å². The standard InChI is InChI=1S/C14H21ClO4S/c1-5-18-8-9-19-13-7-6-11(20(15,16)17)10-12(13)14(2,3)4/h6-7,10H,5,8-9H2,1-4H3. The highest BCUT2D eigenvalue weighted by Gasteiger charge is 2.22. The zero-order valence-electron chi connectivity index (χ0n) is 12.3. The molecule has 0 heterocycles. The first-order valence-electron chi connectivity index (χ1n) is 6.46. The van der Waals surface area contributed by atoms with Crippen molar-refractivity contribution in [1.29, 1.82) is 0 Å². The van der Waals surface area contributed by atoms with Crippen LogP contribution in [0.1, 0.15) is 33.3 Å². The van der Waals surface area contributed by atoms with Crippen LogP contribution in [0.25, 0.3) is 0 Å². The Bertz CT molecular complexity index is 547. The predicted molar refractivity (Wildman–Crippen MR) is 80.2 cm³/mol. The molecular weight excluding hydrogens is 300 g/mol. The monoisotopic (exact) mass is 320 g/mol. The predicted octanol–water partition coefficient (Wildman–Crippen LogP) is 3.33. The maximum atomic E-state index is 11.4. The number of halogens is 1. The summed E-state index contributed by atoms with van der Waals surface area (Å²) >= 11 is 0. The molecular formula is C14H21ClO4S. The molecule has 0 amide bonds. The highest BCUT2D eigenvalue weighted by Crippen LogP contribution is 2.34. The van der Waals surface area contributed by atoms with Crippen molar-refractivity contribution in [3.05, 3.63) is 23.8 Å². The van der Waals surface area contributed by atoms with Crippen molar-refractivity contribution in [2.24, 2.45) is 0 Å². The first kappa shape index (κ1) is 17.3. The molecule has 0 N–H and O–H groups in total. The second-order valence-corrected chi connectivity index (χ2v) is 7.96. The van der Waals surface area contributed by atoms with Gasteiger partial charge in [0.2, 0.25) is 0 Å². The summed E-state index contributed by atoms with van der Waals surface area (Å²) in [4.78, 5) is 0.0845. The number of hydrogen-bond acceptors (Lipinski definition) is 4. The lowest BCUT2D eigenvalue weighted by atomic mass is 9.86. The summed E-state index contributed by atoms with van der Waals surface area (Å²) in [6.45, 7) is 9.44. The largest absolute Gasteiger partial charge is 0.491 e. The van der Waals surface area contributed by atoms with Crippen molar-refractivity contribution in [2.75, 3.05) is 19.8 Å². The van der Waals surface area contributed by atoms with Crippen LogP contribution in [0.5, 0.6) is 5.75 Å². The van der Waals surface area contributed by atoms with Gasteiger partial charge >= 0.3 is 0 Å². The molecule has 0 saturated heterocycles. The molecule has 0 aliphatic carbocycles. The van der Waals surface area contributed by atoms with Crippen LogP contribution < -0.4 is 4.74 Å². The summed E-state index contributed by atoms with van der Waals surface area (Å²) in [5.41, 5.74) is 0.550. The van der Waals surface area contributed by atoms with Gasteiger partial charge in [0, 0.05) is 22.9 Å². The fourth-order valence-electron chi connectivity index (χ4n) is 1.73. The molecule has 114 valence electrons. The van der Waals surface area contributed by atoms with E-state index in [9.17, 15) is 8.42 Å². The molecule has 1 aromatic rings. The van der Waals surface area contributed by atoms with Crippen LogP contribution in [0.3, 0.4) is 0 Å². The maximum Gasteiger partial charge on any atom is 0.261 e. The van der Waals surface area contributed by atoms with Gasteiger partial charge in [-0.15, -0.1) is 0 Å². The molecule has 0 aromatic heterocycles. The molecule has 0 saturated carbocycles. The Morgan fingerprint density at radius 2 is 1.85 bits per heavy atom. The average molecular weight is 321 g/mol. The SMILES string of the molecule is CCOCCOc1ccc(S(=O)(=O)Cl)cc1C(C)(C)C. The first-order chi connectivity index (χ1) is 9.16. The van der Waals surface area contributed by atoms with Crippen molar-refractivity contribution in [3.8, 4) is 5.75 Å². The van der Waals surface area contributed by atoms with Crippen LogP contribution in [-0.4, -0.2) is 28.2 Å². The number of benzene rings is 1. The summed E-state index contributed by atoms with van der Waals surface area (Å²) < 4.78 is 33.7. The van der Waals surface area contributed by atoms with Gasteiger partial charge in [-0.25, -0.2) is 8.42 Å². The molecule has 0 radical (unpaired) electrons. The lowest BCUT2D eigenvalue weighted by molar-refractivity contribution is 0.109. The van der Waals surface area contributed by atoms with Crippen molar-refractivity contribution >= 4 is 19.7 Å². The van der Waals surface area contributed by atoms with Crippen LogP contribution in [-0.2, 0) is 19.2 Å². The fourth-order valence-corrected chi connectivity index (χ4v) is 2.50. The minimum atomic E-state index is -3.74. The molecule has 0 atom stereocenters. The van der Waals surface area contributed by atoms with E-state index in [1.54, 1.807) is 12.1 Å². The molecule has 1 rings (SSSR count). The van der Waals surface area contributed by atoms with Crippen molar-refractivity contribution in [3.63, 3.8) is 0 Å². The van der Waals surface area contributed by atoms with Crippen LogP contribution >= 0.6 is 10.7 Å². The molecule has 6 heteroatoms. The van der Waals surface area contributed by atoms with Gasteiger partial charge in [0.1, 0.15) is 12.4 Å². The van der Waals surface area contributed by atoms with E-state index in [1.807, 2.05) is 27.7 Å². The summed E-state index contributed by atoms with van der Waals surface area (Å²) in [6.07, 6.45) is 0. The van der Waals surface area contributed by atoms with Gasteiger partial charge in [0.25, 0.3) is 9.05 Å². The highest BCUT2D eigenvalue weighted by atomic mass is 35.7. The number of rotatable bonds is 6. The van der Waals surface area contributed by atoms with E-state index in [2.05, 4.69) is 0 Å². The normalized spacial score (nSPS) is 12.4. The Hall–Kier alpha value is -0.780. The van der Waals surface area contributed by atoms with Gasteiger partial charge in [-0.05, 0) is 30.5 Å². The summed E-state index contributed by atoms with van der Waals surface area (Å²) in [5.74, 6) is 0.654. The number of ether oxygens (including phenoxy) is 2. The Balaban J connectivity index is 3.06. The van der Waals surface area contributed by atoms with E-state index in [-0.39, 0.29) is 10.3 Å². The van der Waals surface area contributed by atoms with E-state index < -0.39 is 9.05 Å². The maximum absolute atomic E-state index is 11.4. The molecule has 20 heavy (non-hydrogen) atoms. The highest BCUT2D eigenvalue weighted by molar-refractivity contribution is 8.13. The molecule has 4 nitrogen and oxygen atoms in total. The topological polar surface area (TPSA) is 52.6 Å².